The number of amides is 2. The molecule has 3 aromatic rings. The maximum atomic E-state index is 13.5. The first-order valence-corrected chi connectivity index (χ1v) is 8.75. The normalized spacial score (nSPS) is 10.3. The number of aromatic nitrogens is 3. The average Bonchev–Trinajstić information content (AvgIpc) is 2.68. The number of halogens is 2. The highest BCUT2D eigenvalue weighted by atomic mass is 19.1. The Morgan fingerprint density at radius 3 is 2.59 bits per heavy atom. The van der Waals surface area contributed by atoms with Crippen LogP contribution in [0.25, 0.3) is 0 Å². The minimum Gasteiger partial charge on any atom is -0.368 e. The second-order valence-electron chi connectivity index (χ2n) is 6.06. The van der Waals surface area contributed by atoms with Gasteiger partial charge in [0.05, 0.1) is 5.69 Å². The lowest BCUT2D eigenvalue weighted by Gasteiger charge is -2.10. The Morgan fingerprint density at radius 2 is 1.76 bits per heavy atom. The topological polar surface area (TPSA) is 104 Å². The molecule has 0 radical (unpaired) electrons. The van der Waals surface area contributed by atoms with Gasteiger partial charge in [-0.25, -0.2) is 28.5 Å². The van der Waals surface area contributed by atoms with Crippen LogP contribution in [0.15, 0.2) is 48.9 Å². The zero-order chi connectivity index (χ0) is 20.6. The highest BCUT2D eigenvalue weighted by Gasteiger charge is 2.07. The Labute approximate surface area is 165 Å². The largest absolute Gasteiger partial charge is 0.368 e. The van der Waals surface area contributed by atoms with Gasteiger partial charge in [-0.1, -0.05) is 0 Å². The van der Waals surface area contributed by atoms with E-state index in [2.05, 4.69) is 36.2 Å². The van der Waals surface area contributed by atoms with E-state index in [0.29, 0.717) is 24.0 Å². The van der Waals surface area contributed by atoms with Crippen LogP contribution < -0.4 is 21.3 Å². The number of urea groups is 1. The van der Waals surface area contributed by atoms with Crippen LogP contribution in [0.3, 0.4) is 0 Å². The summed E-state index contributed by atoms with van der Waals surface area (Å²) >= 11 is 0. The van der Waals surface area contributed by atoms with Crippen molar-refractivity contribution in [1.29, 1.82) is 0 Å². The molecule has 150 valence electrons. The number of rotatable bonds is 7. The van der Waals surface area contributed by atoms with Crippen LogP contribution in [0.5, 0.6) is 0 Å². The quantitative estimate of drug-likeness (QED) is 0.454. The summed E-state index contributed by atoms with van der Waals surface area (Å²) in [4.78, 5) is 24.2. The first kappa shape index (κ1) is 19.9. The third-order valence-electron chi connectivity index (χ3n) is 3.73. The molecule has 0 unspecified atom stereocenters. The van der Waals surface area contributed by atoms with Crippen molar-refractivity contribution in [2.24, 2.45) is 0 Å². The summed E-state index contributed by atoms with van der Waals surface area (Å²) in [5, 5.41) is 10.9. The number of nitrogens with zero attached hydrogens (tertiary/aromatic N) is 3. The molecule has 2 amide bonds. The number of hydrogen-bond donors (Lipinski definition) is 4. The molecular weight excluding hydrogens is 380 g/mol. The van der Waals surface area contributed by atoms with Gasteiger partial charge in [0.15, 0.2) is 0 Å². The number of carbonyl (C=O) groups excluding carboxylic acids is 1. The number of aryl methyl sites for hydroxylation is 1. The summed E-state index contributed by atoms with van der Waals surface area (Å²) in [5.74, 6) is 0.417. The van der Waals surface area contributed by atoms with Crippen molar-refractivity contribution in [3.63, 3.8) is 0 Å². The fourth-order valence-corrected chi connectivity index (χ4v) is 2.38. The van der Waals surface area contributed by atoms with E-state index < -0.39 is 17.7 Å². The third kappa shape index (κ3) is 6.09. The number of pyridine rings is 1. The zero-order valence-electron chi connectivity index (χ0n) is 15.5. The monoisotopic (exact) mass is 399 g/mol. The van der Waals surface area contributed by atoms with Crippen LogP contribution >= 0.6 is 0 Å². The van der Waals surface area contributed by atoms with Crippen molar-refractivity contribution in [3.05, 3.63) is 66.1 Å². The molecule has 10 heteroatoms. The molecular formula is C19H19F2N7O. The SMILES string of the molecule is Cc1ccnc(Nc2cc(NCCNC(=O)Nc3cc(F)ccc3F)ncn2)c1. The Morgan fingerprint density at radius 1 is 0.966 bits per heavy atom. The van der Waals surface area contributed by atoms with Crippen molar-refractivity contribution in [3.8, 4) is 0 Å². The summed E-state index contributed by atoms with van der Waals surface area (Å²) in [7, 11) is 0. The number of carbonyl (C=O) groups is 1. The highest BCUT2D eigenvalue weighted by Crippen LogP contribution is 2.16. The number of hydrogen-bond acceptors (Lipinski definition) is 6. The van der Waals surface area contributed by atoms with Crippen molar-refractivity contribution in [1.82, 2.24) is 20.3 Å². The predicted molar refractivity (Wildman–Crippen MR) is 106 cm³/mol. The van der Waals surface area contributed by atoms with E-state index >= 15 is 0 Å². The number of nitrogens with one attached hydrogen (secondary N) is 4. The van der Waals surface area contributed by atoms with E-state index in [4.69, 9.17) is 0 Å². The van der Waals surface area contributed by atoms with Gasteiger partial charge in [0.2, 0.25) is 0 Å². The van der Waals surface area contributed by atoms with Gasteiger partial charge in [-0.2, -0.15) is 0 Å². The Balaban J connectivity index is 1.45. The molecule has 0 spiro atoms. The molecule has 0 fully saturated rings. The molecule has 2 heterocycles. The highest BCUT2D eigenvalue weighted by molar-refractivity contribution is 5.89. The molecule has 0 saturated heterocycles. The molecule has 3 rings (SSSR count). The van der Waals surface area contributed by atoms with E-state index in [-0.39, 0.29) is 12.2 Å². The molecule has 8 nitrogen and oxygen atoms in total. The van der Waals surface area contributed by atoms with E-state index in [9.17, 15) is 13.6 Å². The van der Waals surface area contributed by atoms with Gasteiger partial charge in [-0.05, 0) is 36.8 Å². The van der Waals surface area contributed by atoms with Gasteiger partial charge in [0.1, 0.15) is 35.4 Å². The van der Waals surface area contributed by atoms with E-state index in [0.717, 1.165) is 23.8 Å². The molecule has 0 atom stereocenters. The van der Waals surface area contributed by atoms with E-state index in [1.807, 2.05) is 19.1 Å². The lowest BCUT2D eigenvalue weighted by atomic mass is 10.3. The van der Waals surface area contributed by atoms with Crippen LogP contribution in [0.1, 0.15) is 5.56 Å². The van der Waals surface area contributed by atoms with Crippen molar-refractivity contribution < 1.29 is 13.6 Å². The molecule has 0 aliphatic heterocycles. The van der Waals surface area contributed by atoms with Crippen LogP contribution in [0, 0.1) is 18.6 Å². The average molecular weight is 399 g/mol. The van der Waals surface area contributed by atoms with E-state index in [1.54, 1.807) is 12.3 Å². The first-order valence-electron chi connectivity index (χ1n) is 8.75. The lowest BCUT2D eigenvalue weighted by Crippen LogP contribution is -2.33. The number of anilines is 4. The lowest BCUT2D eigenvalue weighted by molar-refractivity contribution is 0.252. The Hall–Kier alpha value is -3.82. The summed E-state index contributed by atoms with van der Waals surface area (Å²) in [5.41, 5.74) is 0.837. The molecule has 1 aromatic carbocycles. The minimum atomic E-state index is -0.719. The zero-order valence-corrected chi connectivity index (χ0v) is 15.5. The molecule has 0 aliphatic rings. The van der Waals surface area contributed by atoms with Crippen molar-refractivity contribution >= 4 is 29.2 Å². The minimum absolute atomic E-state index is 0.230. The summed E-state index contributed by atoms with van der Waals surface area (Å²) in [6.07, 6.45) is 3.09. The summed E-state index contributed by atoms with van der Waals surface area (Å²) in [6, 6.07) is 7.66. The standard InChI is InChI=1S/C19H19F2N7O/c1-12-4-5-22-17(8-12)28-18-10-16(25-11-26-18)23-6-7-24-19(29)27-15-9-13(20)2-3-14(15)21/h2-5,8-11H,6-7H2,1H3,(H2,24,27,29)(H2,22,23,25,26,28). The number of benzene rings is 1. The summed E-state index contributed by atoms with van der Waals surface area (Å²) < 4.78 is 26.6. The van der Waals surface area contributed by atoms with Crippen LogP contribution in [0.4, 0.5) is 36.7 Å². The molecule has 29 heavy (non-hydrogen) atoms. The molecule has 0 saturated carbocycles. The molecule has 4 N–H and O–H groups in total. The fourth-order valence-electron chi connectivity index (χ4n) is 2.38. The second kappa shape index (κ2) is 9.40. The maximum Gasteiger partial charge on any atom is 0.319 e. The van der Waals surface area contributed by atoms with Crippen LogP contribution in [-0.2, 0) is 0 Å². The van der Waals surface area contributed by atoms with Gasteiger partial charge in [0, 0.05) is 31.4 Å². The predicted octanol–water partition coefficient (Wildman–Crippen LogP) is 3.44. The van der Waals surface area contributed by atoms with Gasteiger partial charge in [-0.3, -0.25) is 0 Å². The summed E-state index contributed by atoms with van der Waals surface area (Å²) in [6.45, 7) is 2.55. The molecule has 0 aliphatic carbocycles. The van der Waals surface area contributed by atoms with E-state index in [1.165, 1.54) is 6.33 Å². The van der Waals surface area contributed by atoms with Gasteiger partial charge in [-0.15, -0.1) is 0 Å². The van der Waals surface area contributed by atoms with Gasteiger partial charge in [0.25, 0.3) is 0 Å². The smallest absolute Gasteiger partial charge is 0.319 e. The van der Waals surface area contributed by atoms with Crippen LogP contribution in [-0.4, -0.2) is 34.1 Å². The molecule has 0 bridgehead atoms. The Kier molecular flexibility index (Phi) is 6.46. The first-order chi connectivity index (χ1) is 14.0. The van der Waals surface area contributed by atoms with Crippen LogP contribution in [0.2, 0.25) is 0 Å². The third-order valence-corrected chi connectivity index (χ3v) is 3.73. The van der Waals surface area contributed by atoms with Crippen molar-refractivity contribution in [2.45, 2.75) is 6.92 Å². The Bertz CT molecular complexity index is 1000. The maximum absolute atomic E-state index is 13.5. The fraction of sp³-hybridized carbons (Fsp3) is 0.158. The van der Waals surface area contributed by atoms with Gasteiger partial charge < -0.3 is 21.3 Å². The molecule has 2 aromatic heterocycles. The van der Waals surface area contributed by atoms with Crippen molar-refractivity contribution in [2.75, 3.05) is 29.0 Å². The van der Waals surface area contributed by atoms with Gasteiger partial charge >= 0.3 is 6.03 Å². The second-order valence-corrected chi connectivity index (χ2v) is 6.06.